The number of amides is 1. The number of methoxy groups -OCH3 is 1. The molecular formula is C19H22INO3. The fourth-order valence-corrected chi connectivity index (χ4v) is 2.81. The van der Waals surface area contributed by atoms with Gasteiger partial charge in [0.25, 0.3) is 5.91 Å². The van der Waals surface area contributed by atoms with Crippen LogP contribution in [0, 0.1) is 10.5 Å². The largest absolute Gasteiger partial charge is 0.496 e. The first-order valence-corrected chi connectivity index (χ1v) is 8.93. The van der Waals surface area contributed by atoms with Crippen molar-refractivity contribution in [3.63, 3.8) is 0 Å². The average Bonchev–Trinajstić information content (AvgIpc) is 2.59. The lowest BCUT2D eigenvalue weighted by Crippen LogP contribution is -2.32. The molecule has 5 heteroatoms. The van der Waals surface area contributed by atoms with Gasteiger partial charge in [-0.15, -0.1) is 0 Å². The number of benzene rings is 2. The van der Waals surface area contributed by atoms with Crippen molar-refractivity contribution in [3.8, 4) is 11.5 Å². The maximum Gasteiger partial charge on any atom is 0.258 e. The van der Waals surface area contributed by atoms with Crippen molar-refractivity contribution in [2.24, 2.45) is 0 Å². The highest BCUT2D eigenvalue weighted by Gasteiger charge is 2.14. The predicted molar refractivity (Wildman–Crippen MR) is 104 cm³/mol. The van der Waals surface area contributed by atoms with E-state index in [2.05, 4.69) is 27.9 Å². The SMILES string of the molecule is CC[C@H](NC(=O)COc1ccc(I)cc1)c1ccc(OC)c(C)c1. The molecule has 1 N–H and O–H groups in total. The third-order valence-electron chi connectivity index (χ3n) is 3.75. The Hall–Kier alpha value is -1.76. The molecule has 0 fully saturated rings. The Morgan fingerprint density at radius 2 is 1.92 bits per heavy atom. The lowest BCUT2D eigenvalue weighted by Gasteiger charge is -2.19. The minimum atomic E-state index is -0.131. The lowest BCUT2D eigenvalue weighted by atomic mass is 10.0. The number of hydrogen-bond acceptors (Lipinski definition) is 3. The van der Waals surface area contributed by atoms with Crippen LogP contribution in [0.3, 0.4) is 0 Å². The van der Waals surface area contributed by atoms with E-state index in [0.717, 1.165) is 26.9 Å². The van der Waals surface area contributed by atoms with Gasteiger partial charge in [-0.2, -0.15) is 0 Å². The monoisotopic (exact) mass is 439 g/mol. The Morgan fingerprint density at radius 1 is 1.21 bits per heavy atom. The number of carbonyl (C=O) groups excluding carboxylic acids is 1. The summed E-state index contributed by atoms with van der Waals surface area (Å²) in [5.41, 5.74) is 2.12. The minimum absolute atomic E-state index is 0.00618. The van der Waals surface area contributed by atoms with Crippen LogP contribution in [0.4, 0.5) is 0 Å². The Kier molecular flexibility index (Phi) is 6.90. The van der Waals surface area contributed by atoms with Gasteiger partial charge in [0.2, 0.25) is 0 Å². The first-order valence-electron chi connectivity index (χ1n) is 7.85. The maximum absolute atomic E-state index is 12.2. The summed E-state index contributed by atoms with van der Waals surface area (Å²) in [7, 11) is 1.66. The molecule has 0 heterocycles. The molecule has 4 nitrogen and oxygen atoms in total. The molecule has 0 saturated carbocycles. The second-order valence-electron chi connectivity index (χ2n) is 5.50. The number of carbonyl (C=O) groups is 1. The Labute approximate surface area is 156 Å². The van der Waals surface area contributed by atoms with Crippen LogP contribution < -0.4 is 14.8 Å². The molecule has 0 aromatic heterocycles. The summed E-state index contributed by atoms with van der Waals surface area (Å²) in [5, 5.41) is 3.02. The minimum Gasteiger partial charge on any atom is -0.496 e. The van der Waals surface area contributed by atoms with Crippen LogP contribution in [0.25, 0.3) is 0 Å². The van der Waals surface area contributed by atoms with E-state index in [4.69, 9.17) is 9.47 Å². The molecule has 2 aromatic rings. The second kappa shape index (κ2) is 8.92. The normalized spacial score (nSPS) is 11.7. The van der Waals surface area contributed by atoms with Crippen LogP contribution in [0.5, 0.6) is 11.5 Å². The van der Waals surface area contributed by atoms with Crippen LogP contribution >= 0.6 is 22.6 Å². The fourth-order valence-electron chi connectivity index (χ4n) is 2.46. The summed E-state index contributed by atoms with van der Waals surface area (Å²) in [6.45, 7) is 4.05. The van der Waals surface area contributed by atoms with E-state index in [1.807, 2.05) is 56.3 Å². The summed E-state index contributed by atoms with van der Waals surface area (Å²) >= 11 is 2.23. The first-order chi connectivity index (χ1) is 11.5. The smallest absolute Gasteiger partial charge is 0.258 e. The maximum atomic E-state index is 12.2. The number of nitrogens with one attached hydrogen (secondary N) is 1. The van der Waals surface area contributed by atoms with Crippen molar-refractivity contribution in [3.05, 3.63) is 57.2 Å². The van der Waals surface area contributed by atoms with E-state index in [9.17, 15) is 4.79 Å². The molecule has 128 valence electrons. The van der Waals surface area contributed by atoms with Crippen molar-refractivity contribution in [1.29, 1.82) is 0 Å². The zero-order chi connectivity index (χ0) is 17.5. The van der Waals surface area contributed by atoms with E-state index in [1.165, 1.54) is 0 Å². The molecule has 2 aromatic carbocycles. The number of hydrogen-bond donors (Lipinski definition) is 1. The molecule has 1 amide bonds. The lowest BCUT2D eigenvalue weighted by molar-refractivity contribution is -0.123. The molecule has 0 saturated heterocycles. The molecule has 0 bridgehead atoms. The number of ether oxygens (including phenoxy) is 2. The third-order valence-corrected chi connectivity index (χ3v) is 4.47. The summed E-state index contributed by atoms with van der Waals surface area (Å²) in [6.07, 6.45) is 0.807. The van der Waals surface area contributed by atoms with Gasteiger partial charge < -0.3 is 14.8 Å². The van der Waals surface area contributed by atoms with E-state index >= 15 is 0 Å². The standard InChI is InChI=1S/C19H22INO3/c1-4-17(14-5-10-18(23-3)13(2)11-14)21-19(22)12-24-16-8-6-15(20)7-9-16/h5-11,17H,4,12H2,1-3H3,(H,21,22)/t17-/m0/s1. The Morgan fingerprint density at radius 3 is 2.50 bits per heavy atom. The molecule has 2 rings (SSSR count). The molecule has 1 atom stereocenters. The summed E-state index contributed by atoms with van der Waals surface area (Å²) in [6, 6.07) is 13.5. The van der Waals surface area contributed by atoms with Gasteiger partial charge in [0.05, 0.1) is 13.2 Å². The van der Waals surface area contributed by atoms with E-state index in [1.54, 1.807) is 7.11 Å². The zero-order valence-corrected chi connectivity index (χ0v) is 16.3. The van der Waals surface area contributed by atoms with Crippen LogP contribution in [0.2, 0.25) is 0 Å². The highest BCUT2D eigenvalue weighted by atomic mass is 127. The van der Waals surface area contributed by atoms with E-state index in [0.29, 0.717) is 5.75 Å². The van der Waals surface area contributed by atoms with Gasteiger partial charge in [0.1, 0.15) is 11.5 Å². The van der Waals surface area contributed by atoms with Crippen molar-refractivity contribution in [2.75, 3.05) is 13.7 Å². The van der Waals surface area contributed by atoms with Gasteiger partial charge in [0.15, 0.2) is 6.61 Å². The quantitative estimate of drug-likeness (QED) is 0.657. The predicted octanol–water partition coefficient (Wildman–Crippen LogP) is 4.25. The van der Waals surface area contributed by atoms with Crippen LogP contribution in [-0.4, -0.2) is 19.6 Å². The molecule has 0 aliphatic rings. The molecule has 0 unspecified atom stereocenters. The van der Waals surface area contributed by atoms with Crippen molar-refractivity contribution in [1.82, 2.24) is 5.32 Å². The van der Waals surface area contributed by atoms with E-state index in [-0.39, 0.29) is 18.6 Å². The van der Waals surface area contributed by atoms with E-state index < -0.39 is 0 Å². The Balaban J connectivity index is 1.95. The van der Waals surface area contributed by atoms with Gasteiger partial charge in [-0.05, 0) is 77.4 Å². The van der Waals surface area contributed by atoms with Crippen molar-refractivity contribution < 1.29 is 14.3 Å². The van der Waals surface area contributed by atoms with Crippen LogP contribution in [0.15, 0.2) is 42.5 Å². The number of halogens is 1. The number of aryl methyl sites for hydroxylation is 1. The average molecular weight is 439 g/mol. The molecule has 0 aliphatic heterocycles. The summed E-state index contributed by atoms with van der Waals surface area (Å²) in [4.78, 5) is 12.2. The molecule has 0 spiro atoms. The highest BCUT2D eigenvalue weighted by Crippen LogP contribution is 2.24. The van der Waals surface area contributed by atoms with Gasteiger partial charge >= 0.3 is 0 Å². The fraction of sp³-hybridized carbons (Fsp3) is 0.316. The summed E-state index contributed by atoms with van der Waals surface area (Å²) < 4.78 is 11.9. The van der Waals surface area contributed by atoms with Gasteiger partial charge in [-0.3, -0.25) is 4.79 Å². The molecule has 0 radical (unpaired) electrons. The number of rotatable bonds is 7. The Bertz CT molecular complexity index is 686. The molecule has 24 heavy (non-hydrogen) atoms. The first kappa shape index (κ1) is 18.6. The van der Waals surface area contributed by atoms with Gasteiger partial charge in [-0.25, -0.2) is 0 Å². The third kappa shape index (κ3) is 5.12. The van der Waals surface area contributed by atoms with Crippen molar-refractivity contribution >= 4 is 28.5 Å². The zero-order valence-electron chi connectivity index (χ0n) is 14.1. The highest BCUT2D eigenvalue weighted by molar-refractivity contribution is 14.1. The second-order valence-corrected chi connectivity index (χ2v) is 6.75. The molecular weight excluding hydrogens is 417 g/mol. The van der Waals surface area contributed by atoms with Crippen LogP contribution in [-0.2, 0) is 4.79 Å². The van der Waals surface area contributed by atoms with Crippen molar-refractivity contribution in [2.45, 2.75) is 26.3 Å². The van der Waals surface area contributed by atoms with Crippen LogP contribution in [0.1, 0.15) is 30.5 Å². The van der Waals surface area contributed by atoms with Gasteiger partial charge in [-0.1, -0.05) is 19.1 Å². The molecule has 0 aliphatic carbocycles. The topological polar surface area (TPSA) is 47.6 Å². The summed E-state index contributed by atoms with van der Waals surface area (Å²) in [5.74, 6) is 1.41. The van der Waals surface area contributed by atoms with Gasteiger partial charge in [0, 0.05) is 3.57 Å².